The van der Waals surface area contributed by atoms with Crippen molar-refractivity contribution in [2.45, 2.75) is 32.1 Å². The highest BCUT2D eigenvalue weighted by atomic mass is 32.2. The summed E-state index contributed by atoms with van der Waals surface area (Å²) in [6.45, 7) is 6.79. The lowest BCUT2D eigenvalue weighted by atomic mass is 10.2. The summed E-state index contributed by atoms with van der Waals surface area (Å²) in [5.41, 5.74) is 2.61. The molecule has 8 heteroatoms. The lowest BCUT2D eigenvalue weighted by molar-refractivity contribution is 0.0984. The molecule has 3 rings (SSSR count). The van der Waals surface area contributed by atoms with Crippen molar-refractivity contribution in [3.05, 3.63) is 47.5 Å². The fourth-order valence-electron chi connectivity index (χ4n) is 3.10. The van der Waals surface area contributed by atoms with E-state index < -0.39 is 10.0 Å². The van der Waals surface area contributed by atoms with Gasteiger partial charge < -0.3 is 4.90 Å². The number of benzene rings is 1. The van der Waals surface area contributed by atoms with Crippen LogP contribution in [0.2, 0.25) is 0 Å². The molecule has 0 fully saturated rings. The van der Waals surface area contributed by atoms with Crippen molar-refractivity contribution in [1.82, 2.24) is 14.3 Å². The Balaban J connectivity index is 1.91. The van der Waals surface area contributed by atoms with Crippen LogP contribution in [0.5, 0.6) is 0 Å². The molecule has 0 atom stereocenters. The van der Waals surface area contributed by atoms with Crippen LogP contribution in [0.25, 0.3) is 0 Å². The van der Waals surface area contributed by atoms with Crippen LogP contribution in [0.15, 0.2) is 35.5 Å². The molecule has 0 saturated heterocycles. The van der Waals surface area contributed by atoms with E-state index in [0.717, 1.165) is 16.9 Å². The number of hydrogen-bond acceptors (Lipinski definition) is 5. The summed E-state index contributed by atoms with van der Waals surface area (Å²) in [4.78, 5) is 22.9. The summed E-state index contributed by atoms with van der Waals surface area (Å²) < 4.78 is 26.8. The molecule has 138 valence electrons. The number of fused-ring (bicyclic) bond motifs is 1. The molecule has 26 heavy (non-hydrogen) atoms. The molecule has 1 aromatic heterocycles. The molecule has 2 heterocycles. The molecule has 2 aromatic rings. The molecule has 0 bridgehead atoms. The van der Waals surface area contributed by atoms with Crippen molar-refractivity contribution in [2.75, 3.05) is 24.5 Å². The van der Waals surface area contributed by atoms with Crippen LogP contribution >= 0.6 is 0 Å². The van der Waals surface area contributed by atoms with Crippen LogP contribution in [-0.4, -0.2) is 48.2 Å². The van der Waals surface area contributed by atoms with Gasteiger partial charge in [-0.15, -0.1) is 0 Å². The van der Waals surface area contributed by atoms with Crippen LogP contribution in [0, 0.1) is 6.92 Å². The number of nitrogens with zero attached hydrogens (tertiary/aromatic N) is 4. The highest BCUT2D eigenvalue weighted by Crippen LogP contribution is 2.32. The second kappa shape index (κ2) is 7.13. The van der Waals surface area contributed by atoms with Gasteiger partial charge in [-0.05, 0) is 37.1 Å². The number of carbonyl (C=O) groups is 1. The summed E-state index contributed by atoms with van der Waals surface area (Å²) in [5, 5.41) is 0. The minimum atomic E-state index is -3.51. The van der Waals surface area contributed by atoms with Crippen LogP contribution in [0.1, 0.15) is 35.6 Å². The van der Waals surface area contributed by atoms with Gasteiger partial charge in [0.2, 0.25) is 10.0 Å². The number of aryl methyl sites for hydroxylation is 1. The average Bonchev–Trinajstić information content (AvgIpc) is 3.05. The summed E-state index contributed by atoms with van der Waals surface area (Å²) in [6.07, 6.45) is 3.64. The number of anilines is 1. The van der Waals surface area contributed by atoms with Crippen molar-refractivity contribution >= 4 is 21.6 Å². The maximum absolute atomic E-state index is 12.7. The third kappa shape index (κ3) is 3.22. The Kier molecular flexibility index (Phi) is 5.06. The van der Waals surface area contributed by atoms with E-state index >= 15 is 0 Å². The fraction of sp³-hybridized carbons (Fsp3) is 0.389. The Morgan fingerprint density at radius 3 is 2.54 bits per heavy atom. The van der Waals surface area contributed by atoms with Crippen molar-refractivity contribution < 1.29 is 13.2 Å². The first-order valence-corrected chi connectivity index (χ1v) is 10.1. The fourth-order valence-corrected chi connectivity index (χ4v) is 4.61. The Bertz CT molecular complexity index is 922. The van der Waals surface area contributed by atoms with Crippen molar-refractivity contribution in [3.8, 4) is 0 Å². The predicted octanol–water partition coefficient (Wildman–Crippen LogP) is 2.02. The third-order valence-electron chi connectivity index (χ3n) is 4.53. The molecule has 1 amide bonds. The van der Waals surface area contributed by atoms with Gasteiger partial charge in [-0.2, -0.15) is 4.31 Å². The molecule has 7 nitrogen and oxygen atoms in total. The number of hydrogen-bond donors (Lipinski definition) is 0. The van der Waals surface area contributed by atoms with Gasteiger partial charge in [0.05, 0.1) is 16.8 Å². The molecular formula is C18H22N4O3S. The summed E-state index contributed by atoms with van der Waals surface area (Å²) in [7, 11) is -3.51. The molecule has 0 N–H and O–H groups in total. The zero-order chi connectivity index (χ0) is 18.9. The molecule has 0 unspecified atom stereocenters. The maximum Gasteiger partial charge on any atom is 0.278 e. The van der Waals surface area contributed by atoms with E-state index in [0.29, 0.717) is 26.1 Å². The maximum atomic E-state index is 12.7. The van der Waals surface area contributed by atoms with Crippen LogP contribution < -0.4 is 4.90 Å². The SMILES string of the molecule is CCN(CC)S(=O)(=O)c1ccc2c(c1)CCN2C(=O)c1cnc(C)cn1. The minimum absolute atomic E-state index is 0.226. The topological polar surface area (TPSA) is 83.5 Å². The van der Waals surface area contributed by atoms with Crippen LogP contribution in [-0.2, 0) is 16.4 Å². The number of sulfonamides is 1. The van der Waals surface area contributed by atoms with Crippen LogP contribution in [0.3, 0.4) is 0 Å². The largest absolute Gasteiger partial charge is 0.306 e. The molecule has 0 saturated carbocycles. The van der Waals surface area contributed by atoms with Gasteiger partial charge >= 0.3 is 0 Å². The molecule has 1 aliphatic heterocycles. The number of rotatable bonds is 5. The highest BCUT2D eigenvalue weighted by molar-refractivity contribution is 7.89. The first kappa shape index (κ1) is 18.5. The molecular weight excluding hydrogens is 352 g/mol. The smallest absolute Gasteiger partial charge is 0.278 e. The normalized spacial score (nSPS) is 13.9. The first-order chi connectivity index (χ1) is 12.4. The Hall–Kier alpha value is -2.32. The van der Waals surface area contributed by atoms with Gasteiger partial charge in [0.15, 0.2) is 0 Å². The van der Waals surface area contributed by atoms with Gasteiger partial charge in [-0.3, -0.25) is 9.78 Å². The summed E-state index contributed by atoms with van der Waals surface area (Å²) in [6, 6.07) is 4.95. The van der Waals surface area contributed by atoms with Gasteiger partial charge in [0.1, 0.15) is 5.69 Å². The minimum Gasteiger partial charge on any atom is -0.306 e. The first-order valence-electron chi connectivity index (χ1n) is 8.62. The van der Waals surface area contributed by atoms with Gasteiger partial charge in [0.25, 0.3) is 5.91 Å². The van der Waals surface area contributed by atoms with Gasteiger partial charge in [-0.25, -0.2) is 13.4 Å². The summed E-state index contributed by atoms with van der Waals surface area (Å²) in [5.74, 6) is -0.226. The zero-order valence-corrected chi connectivity index (χ0v) is 16.0. The molecule has 1 aromatic carbocycles. The van der Waals surface area contributed by atoms with E-state index in [1.807, 2.05) is 20.8 Å². The molecule has 0 aliphatic carbocycles. The van der Waals surface area contributed by atoms with E-state index in [1.54, 1.807) is 29.3 Å². The van der Waals surface area contributed by atoms with Crippen molar-refractivity contribution in [2.24, 2.45) is 0 Å². The van der Waals surface area contributed by atoms with E-state index in [1.165, 1.54) is 10.5 Å². The zero-order valence-electron chi connectivity index (χ0n) is 15.1. The lowest BCUT2D eigenvalue weighted by Crippen LogP contribution is -2.31. The monoisotopic (exact) mass is 374 g/mol. The van der Waals surface area contributed by atoms with Gasteiger partial charge in [0, 0.05) is 31.5 Å². The second-order valence-corrected chi connectivity index (χ2v) is 8.07. The van der Waals surface area contributed by atoms with E-state index in [-0.39, 0.29) is 16.5 Å². The second-order valence-electron chi connectivity index (χ2n) is 6.13. The van der Waals surface area contributed by atoms with E-state index in [2.05, 4.69) is 9.97 Å². The third-order valence-corrected chi connectivity index (χ3v) is 6.58. The molecule has 0 spiro atoms. The van der Waals surface area contributed by atoms with Crippen molar-refractivity contribution in [1.29, 1.82) is 0 Å². The number of carbonyl (C=O) groups excluding carboxylic acids is 1. The quantitative estimate of drug-likeness (QED) is 0.799. The highest BCUT2D eigenvalue weighted by Gasteiger charge is 2.29. The Morgan fingerprint density at radius 1 is 1.19 bits per heavy atom. The predicted molar refractivity (Wildman–Crippen MR) is 98.7 cm³/mol. The van der Waals surface area contributed by atoms with Crippen molar-refractivity contribution in [3.63, 3.8) is 0 Å². The van der Waals surface area contributed by atoms with Crippen LogP contribution in [0.4, 0.5) is 5.69 Å². The Labute approximate surface area is 153 Å². The van der Waals surface area contributed by atoms with E-state index in [4.69, 9.17) is 0 Å². The lowest BCUT2D eigenvalue weighted by Gasteiger charge is -2.20. The standard InChI is InChI=1S/C18H22N4O3S/c1-4-21(5-2)26(24,25)15-6-7-17-14(10-15)8-9-22(17)18(23)16-12-19-13(3)11-20-16/h6-7,10-12H,4-5,8-9H2,1-3H3. The summed E-state index contributed by atoms with van der Waals surface area (Å²) >= 11 is 0. The number of aromatic nitrogens is 2. The molecule has 1 aliphatic rings. The van der Waals surface area contributed by atoms with E-state index in [9.17, 15) is 13.2 Å². The molecule has 0 radical (unpaired) electrons. The number of amides is 1. The average molecular weight is 374 g/mol. The van der Waals surface area contributed by atoms with Gasteiger partial charge in [-0.1, -0.05) is 13.8 Å². The Morgan fingerprint density at radius 2 is 1.92 bits per heavy atom.